The quantitative estimate of drug-likeness (QED) is 0.197. The van der Waals surface area contributed by atoms with Gasteiger partial charge in [-0.1, -0.05) is 87.2 Å². The van der Waals surface area contributed by atoms with E-state index < -0.39 is 47.9 Å². The van der Waals surface area contributed by atoms with Crippen LogP contribution in [0.1, 0.15) is 89.0 Å². The van der Waals surface area contributed by atoms with Crippen LogP contribution in [0.3, 0.4) is 0 Å². The fourth-order valence-corrected chi connectivity index (χ4v) is 4.88. The molecular formula is C33H45ClN4O5. The maximum Gasteiger partial charge on any atom is 0.408 e. The van der Waals surface area contributed by atoms with Crippen LogP contribution in [0, 0.1) is 6.92 Å². The number of anilines is 1. The average Bonchev–Trinajstić information content (AvgIpc) is 2.92. The maximum absolute atomic E-state index is 14.3. The molecule has 2 rings (SSSR count). The van der Waals surface area contributed by atoms with Crippen molar-refractivity contribution in [2.75, 3.05) is 11.9 Å². The first-order valence-corrected chi connectivity index (χ1v) is 15.0. The lowest BCUT2D eigenvalue weighted by Crippen LogP contribution is -2.53. The van der Waals surface area contributed by atoms with Gasteiger partial charge < -0.3 is 26.0 Å². The summed E-state index contributed by atoms with van der Waals surface area (Å²) in [5.41, 5.74) is 7.11. The summed E-state index contributed by atoms with van der Waals surface area (Å²) in [6.07, 6.45) is 4.75. The first-order valence-electron chi connectivity index (χ1n) is 14.6. The minimum atomic E-state index is -1.36. The molecule has 0 fully saturated rings. The number of hydrogen-bond donors (Lipinski definition) is 3. The zero-order chi connectivity index (χ0) is 32.2. The molecule has 2 atom stereocenters. The summed E-state index contributed by atoms with van der Waals surface area (Å²) >= 11 is 6.44. The lowest BCUT2D eigenvalue weighted by molar-refractivity contribution is -0.142. The molecule has 10 heteroatoms. The van der Waals surface area contributed by atoms with Crippen molar-refractivity contribution < 1.29 is 23.9 Å². The molecule has 0 saturated carbocycles. The molecule has 0 aliphatic carbocycles. The zero-order valence-electron chi connectivity index (χ0n) is 25.9. The fraction of sp³-hybridized carbons (Fsp3) is 0.455. The second kappa shape index (κ2) is 16.7. The molecule has 2 aromatic carbocycles. The van der Waals surface area contributed by atoms with Crippen molar-refractivity contribution in [2.45, 2.75) is 90.8 Å². The van der Waals surface area contributed by atoms with Crippen LogP contribution in [-0.4, -0.2) is 46.9 Å². The van der Waals surface area contributed by atoms with Crippen LogP contribution in [0.5, 0.6) is 0 Å². The molecule has 2 aromatic rings. The molecule has 0 aliphatic heterocycles. The Bertz CT molecular complexity index is 1270. The van der Waals surface area contributed by atoms with E-state index in [1.54, 1.807) is 57.2 Å². The highest BCUT2D eigenvalue weighted by molar-refractivity contribution is 6.34. The van der Waals surface area contributed by atoms with Gasteiger partial charge in [-0.2, -0.15) is 0 Å². The number of unbranched alkanes of at least 4 members (excludes halogenated alkanes) is 4. The van der Waals surface area contributed by atoms with Crippen molar-refractivity contribution in [3.63, 3.8) is 0 Å². The summed E-state index contributed by atoms with van der Waals surface area (Å²) in [6.45, 7) is 13.0. The standard InChI is InChI=1S/C33H45ClN4O5/c1-7-9-10-11-12-19-38(31(41)26(21-27(35)39)36-32(42)43-33(4,5)6)29(24-17-14-16-23(8-2)20-24)30(40)37-28-22(3)15-13-18-25(28)34/h8,13-18,20,26,29H,2,7,9-12,19,21H2,1,3-6H3,(H2,35,39)(H,36,42)(H,37,40). The van der Waals surface area contributed by atoms with Crippen molar-refractivity contribution >= 4 is 47.2 Å². The minimum Gasteiger partial charge on any atom is -0.444 e. The molecule has 0 aromatic heterocycles. The van der Waals surface area contributed by atoms with Gasteiger partial charge in [-0.15, -0.1) is 0 Å². The van der Waals surface area contributed by atoms with E-state index in [1.165, 1.54) is 4.90 Å². The van der Waals surface area contributed by atoms with Gasteiger partial charge in [0.1, 0.15) is 17.7 Å². The first-order chi connectivity index (χ1) is 20.3. The Balaban J connectivity index is 2.62. The van der Waals surface area contributed by atoms with Crippen LogP contribution in [0.15, 0.2) is 49.0 Å². The van der Waals surface area contributed by atoms with Crippen LogP contribution >= 0.6 is 11.6 Å². The Labute approximate surface area is 260 Å². The van der Waals surface area contributed by atoms with E-state index in [9.17, 15) is 19.2 Å². The van der Waals surface area contributed by atoms with E-state index in [-0.39, 0.29) is 6.54 Å². The number of carbonyl (C=O) groups excluding carboxylic acids is 4. The van der Waals surface area contributed by atoms with Gasteiger partial charge in [0.05, 0.1) is 17.1 Å². The summed E-state index contributed by atoms with van der Waals surface area (Å²) in [6, 6.07) is 9.91. The van der Waals surface area contributed by atoms with E-state index in [4.69, 9.17) is 22.1 Å². The minimum absolute atomic E-state index is 0.186. The van der Waals surface area contributed by atoms with Gasteiger partial charge in [-0.05, 0) is 62.9 Å². The van der Waals surface area contributed by atoms with E-state index >= 15 is 0 Å². The largest absolute Gasteiger partial charge is 0.444 e. The molecule has 43 heavy (non-hydrogen) atoms. The third-order valence-electron chi connectivity index (χ3n) is 6.67. The topological polar surface area (TPSA) is 131 Å². The van der Waals surface area contributed by atoms with E-state index in [1.807, 2.05) is 19.1 Å². The Hall–Kier alpha value is -3.85. The Kier molecular flexibility index (Phi) is 13.7. The number of hydrogen-bond acceptors (Lipinski definition) is 5. The third kappa shape index (κ3) is 11.4. The molecule has 4 amide bonds. The summed E-state index contributed by atoms with van der Waals surface area (Å²) in [4.78, 5) is 54.6. The summed E-state index contributed by atoms with van der Waals surface area (Å²) in [5.74, 6) is -1.94. The van der Waals surface area contributed by atoms with Crippen molar-refractivity contribution in [2.24, 2.45) is 5.73 Å². The van der Waals surface area contributed by atoms with Crippen LogP contribution < -0.4 is 16.4 Å². The Morgan fingerprint density at radius 1 is 1.07 bits per heavy atom. The van der Waals surface area contributed by atoms with Crippen molar-refractivity contribution in [3.8, 4) is 0 Å². The number of nitrogens with zero attached hydrogens (tertiary/aromatic N) is 1. The highest BCUT2D eigenvalue weighted by atomic mass is 35.5. The van der Waals surface area contributed by atoms with Crippen LogP contribution in [0.2, 0.25) is 5.02 Å². The molecule has 234 valence electrons. The number of benzene rings is 2. The van der Waals surface area contributed by atoms with E-state index in [0.717, 1.165) is 36.8 Å². The predicted molar refractivity (Wildman–Crippen MR) is 172 cm³/mol. The smallest absolute Gasteiger partial charge is 0.408 e. The number of ether oxygens (including phenoxy) is 1. The van der Waals surface area contributed by atoms with Crippen molar-refractivity contribution in [3.05, 3.63) is 70.8 Å². The summed E-state index contributed by atoms with van der Waals surface area (Å²) in [5, 5.41) is 5.78. The van der Waals surface area contributed by atoms with Gasteiger partial charge in [0.2, 0.25) is 11.8 Å². The Morgan fingerprint density at radius 3 is 2.35 bits per heavy atom. The molecule has 0 bridgehead atoms. The van der Waals surface area contributed by atoms with Gasteiger partial charge in [-0.3, -0.25) is 14.4 Å². The number of carbonyl (C=O) groups is 4. The number of nitrogens with one attached hydrogen (secondary N) is 2. The van der Waals surface area contributed by atoms with Crippen LogP contribution in [-0.2, 0) is 19.1 Å². The van der Waals surface area contributed by atoms with Gasteiger partial charge in [-0.25, -0.2) is 4.79 Å². The molecule has 9 nitrogen and oxygen atoms in total. The van der Waals surface area contributed by atoms with Crippen LogP contribution in [0.4, 0.5) is 10.5 Å². The van der Waals surface area contributed by atoms with Gasteiger partial charge in [0.25, 0.3) is 5.91 Å². The molecule has 0 heterocycles. The molecule has 0 radical (unpaired) electrons. The number of primary amides is 1. The van der Waals surface area contributed by atoms with Crippen LogP contribution in [0.25, 0.3) is 6.08 Å². The molecule has 0 aliphatic rings. The number of alkyl carbamates (subject to hydrolysis) is 1. The molecule has 2 unspecified atom stereocenters. The third-order valence-corrected chi connectivity index (χ3v) is 6.99. The average molecular weight is 613 g/mol. The number of para-hydroxylation sites is 1. The monoisotopic (exact) mass is 612 g/mol. The number of halogens is 1. The fourth-order valence-electron chi connectivity index (χ4n) is 4.61. The van der Waals surface area contributed by atoms with E-state index in [0.29, 0.717) is 22.7 Å². The Morgan fingerprint density at radius 2 is 1.74 bits per heavy atom. The predicted octanol–water partition coefficient (Wildman–Crippen LogP) is 6.54. The van der Waals surface area contributed by atoms with E-state index in [2.05, 4.69) is 24.1 Å². The summed E-state index contributed by atoms with van der Waals surface area (Å²) < 4.78 is 5.36. The second-order valence-electron chi connectivity index (χ2n) is 11.5. The van der Waals surface area contributed by atoms with Crippen molar-refractivity contribution in [1.29, 1.82) is 0 Å². The zero-order valence-corrected chi connectivity index (χ0v) is 26.6. The number of nitrogens with two attached hydrogens (primary N) is 1. The normalized spacial score (nSPS) is 12.5. The number of aryl methyl sites for hydroxylation is 1. The van der Waals surface area contributed by atoms with Gasteiger partial charge in [0.15, 0.2) is 0 Å². The second-order valence-corrected chi connectivity index (χ2v) is 11.9. The highest BCUT2D eigenvalue weighted by Gasteiger charge is 2.37. The number of rotatable bonds is 15. The first kappa shape index (κ1) is 35.3. The molecule has 0 saturated heterocycles. The van der Waals surface area contributed by atoms with Crippen molar-refractivity contribution in [1.82, 2.24) is 10.2 Å². The van der Waals surface area contributed by atoms with Gasteiger partial charge in [0, 0.05) is 6.54 Å². The lowest BCUT2D eigenvalue weighted by Gasteiger charge is -2.34. The molecule has 4 N–H and O–H groups in total. The molecular weight excluding hydrogens is 568 g/mol. The molecule has 0 spiro atoms. The lowest BCUT2D eigenvalue weighted by atomic mass is 9.99. The highest BCUT2D eigenvalue weighted by Crippen LogP contribution is 2.30. The SMILES string of the molecule is C=Cc1cccc(C(C(=O)Nc2c(C)cccc2Cl)N(CCCCCCC)C(=O)C(CC(N)=O)NC(=O)OC(C)(C)C)c1. The number of amides is 4. The maximum atomic E-state index is 14.3. The van der Waals surface area contributed by atoms with Gasteiger partial charge >= 0.3 is 6.09 Å². The summed E-state index contributed by atoms with van der Waals surface area (Å²) in [7, 11) is 0.